The van der Waals surface area contributed by atoms with Crippen molar-refractivity contribution in [3.8, 4) is 28.1 Å². The summed E-state index contributed by atoms with van der Waals surface area (Å²) in [6.07, 6.45) is 7.64. The standard InChI is InChI=1S/C39H43N7O4/c1-20(2)34(45-39(48)49-3)38(47)46-31-8-4-6-23(31)16-32(46)37-42-28-12-10-21-15-27-25-11-9-22(30-18-41-36(43-30)29-7-5-13-40-29)14-24(25)19-50-33(27)17-26(21)35(28)44-37/h9-12,14-15,17-18,20,23,29,31-32,34,40H,4-8,13,16,19H2,1-3H3,(H,41,43)(H,42,44)(H,45,48). The first kappa shape index (κ1) is 31.1. The lowest BCUT2D eigenvalue weighted by molar-refractivity contribution is -0.137. The number of alkyl carbamates (subject to hydrolysis) is 1. The number of benzene rings is 3. The van der Waals surface area contributed by atoms with Gasteiger partial charge in [0, 0.05) is 17.0 Å². The van der Waals surface area contributed by atoms with E-state index < -0.39 is 12.1 Å². The number of likely N-dealkylation sites (tertiary alicyclic amines) is 1. The van der Waals surface area contributed by atoms with Gasteiger partial charge in [0.25, 0.3) is 0 Å². The molecule has 0 bridgehead atoms. The molecule has 2 amide bonds. The number of H-pyrrole nitrogens is 2. The van der Waals surface area contributed by atoms with Gasteiger partial charge in [0.05, 0.1) is 42.1 Å². The second-order valence-corrected chi connectivity index (χ2v) is 14.8. The normalized spacial score (nSPS) is 23.2. The Bertz CT molecular complexity index is 2130. The van der Waals surface area contributed by atoms with E-state index in [0.717, 1.165) is 100 Å². The lowest BCUT2D eigenvalue weighted by Gasteiger charge is -2.33. The van der Waals surface area contributed by atoms with Gasteiger partial charge in [0.15, 0.2) is 0 Å². The molecule has 4 N–H and O–H groups in total. The molecule has 258 valence electrons. The highest BCUT2D eigenvalue weighted by Gasteiger charge is 2.49. The molecular formula is C39H43N7O4. The maximum Gasteiger partial charge on any atom is 0.407 e. The lowest BCUT2D eigenvalue weighted by atomic mass is 9.92. The highest BCUT2D eigenvalue weighted by molar-refractivity contribution is 6.07. The van der Waals surface area contributed by atoms with Crippen LogP contribution in [-0.2, 0) is 16.1 Å². The number of methoxy groups -OCH3 is 1. The van der Waals surface area contributed by atoms with Crippen molar-refractivity contribution in [1.82, 2.24) is 35.5 Å². The number of carbonyl (C=O) groups is 2. The number of hydrogen-bond acceptors (Lipinski definition) is 7. The number of nitrogens with zero attached hydrogens (tertiary/aromatic N) is 3. The summed E-state index contributed by atoms with van der Waals surface area (Å²) in [5.41, 5.74) is 7.30. The molecule has 5 heterocycles. The summed E-state index contributed by atoms with van der Waals surface area (Å²) in [4.78, 5) is 45.4. The molecule has 5 unspecified atom stereocenters. The summed E-state index contributed by atoms with van der Waals surface area (Å²) in [7, 11) is 1.32. The van der Waals surface area contributed by atoms with Crippen molar-refractivity contribution in [3.63, 3.8) is 0 Å². The fourth-order valence-electron chi connectivity index (χ4n) is 8.92. The number of hydrogen-bond donors (Lipinski definition) is 4. The van der Waals surface area contributed by atoms with E-state index >= 15 is 0 Å². The van der Waals surface area contributed by atoms with Crippen LogP contribution >= 0.6 is 0 Å². The first-order valence-corrected chi connectivity index (χ1v) is 18.0. The maximum atomic E-state index is 14.2. The smallest absolute Gasteiger partial charge is 0.407 e. The van der Waals surface area contributed by atoms with Gasteiger partial charge in [-0.1, -0.05) is 38.5 Å². The highest BCUT2D eigenvalue weighted by atomic mass is 16.5. The molecule has 3 fully saturated rings. The number of aromatic nitrogens is 4. The summed E-state index contributed by atoms with van der Waals surface area (Å²) < 4.78 is 11.3. The number of aromatic amines is 2. The van der Waals surface area contributed by atoms with Gasteiger partial charge in [-0.15, -0.1) is 0 Å². The molecule has 5 aromatic rings. The second-order valence-electron chi connectivity index (χ2n) is 14.8. The summed E-state index contributed by atoms with van der Waals surface area (Å²) in [6, 6.07) is 14.7. The van der Waals surface area contributed by atoms with Crippen LogP contribution in [0.2, 0.25) is 0 Å². The number of amides is 2. The number of imidazole rings is 2. The minimum atomic E-state index is -0.677. The van der Waals surface area contributed by atoms with Crippen molar-refractivity contribution in [1.29, 1.82) is 0 Å². The average Bonchev–Trinajstić information content (AvgIpc) is 3.96. The van der Waals surface area contributed by atoms with Crippen molar-refractivity contribution in [2.45, 2.75) is 83.1 Å². The first-order valence-electron chi connectivity index (χ1n) is 18.0. The van der Waals surface area contributed by atoms with Crippen LogP contribution in [0.15, 0.2) is 48.7 Å². The Morgan fingerprint density at radius 1 is 1.02 bits per heavy atom. The molecule has 11 heteroatoms. The molecule has 50 heavy (non-hydrogen) atoms. The van der Waals surface area contributed by atoms with Crippen molar-refractivity contribution >= 4 is 33.8 Å². The van der Waals surface area contributed by atoms with E-state index in [2.05, 4.69) is 68.1 Å². The molecule has 2 aromatic heterocycles. The van der Waals surface area contributed by atoms with Gasteiger partial charge in [0.2, 0.25) is 5.91 Å². The zero-order valence-electron chi connectivity index (χ0n) is 28.7. The van der Waals surface area contributed by atoms with Gasteiger partial charge in [0.1, 0.15) is 30.0 Å². The van der Waals surface area contributed by atoms with E-state index in [9.17, 15) is 9.59 Å². The van der Waals surface area contributed by atoms with Crippen LogP contribution in [-0.4, -0.2) is 62.6 Å². The first-order chi connectivity index (χ1) is 24.4. The monoisotopic (exact) mass is 673 g/mol. The molecule has 1 aliphatic carbocycles. The van der Waals surface area contributed by atoms with Crippen LogP contribution < -0.4 is 15.4 Å². The van der Waals surface area contributed by atoms with Crippen molar-refractivity contribution in [3.05, 3.63) is 65.9 Å². The zero-order chi connectivity index (χ0) is 34.1. The Morgan fingerprint density at radius 3 is 2.74 bits per heavy atom. The predicted molar refractivity (Wildman–Crippen MR) is 190 cm³/mol. The van der Waals surface area contributed by atoms with Crippen LogP contribution in [0, 0.1) is 11.8 Å². The molecular weight excluding hydrogens is 630 g/mol. The molecule has 11 nitrogen and oxygen atoms in total. The Labute approximate surface area is 290 Å². The molecule has 0 spiro atoms. The summed E-state index contributed by atoms with van der Waals surface area (Å²) in [5.74, 6) is 2.88. The Morgan fingerprint density at radius 2 is 1.92 bits per heavy atom. The van der Waals surface area contributed by atoms with Crippen LogP contribution in [0.25, 0.3) is 44.2 Å². The van der Waals surface area contributed by atoms with Crippen molar-refractivity contribution in [2.75, 3.05) is 13.7 Å². The van der Waals surface area contributed by atoms with E-state index in [1.54, 1.807) is 0 Å². The minimum absolute atomic E-state index is 0.0711. The molecule has 2 saturated heterocycles. The zero-order valence-corrected chi connectivity index (χ0v) is 28.7. The third-order valence-corrected chi connectivity index (χ3v) is 11.5. The van der Waals surface area contributed by atoms with E-state index in [1.807, 2.05) is 24.9 Å². The molecule has 5 atom stereocenters. The molecule has 3 aliphatic heterocycles. The van der Waals surface area contributed by atoms with E-state index in [-0.39, 0.29) is 23.9 Å². The Hall–Kier alpha value is -4.90. The number of ether oxygens (including phenoxy) is 2. The predicted octanol–water partition coefficient (Wildman–Crippen LogP) is 6.91. The Kier molecular flexibility index (Phi) is 7.56. The number of nitrogens with one attached hydrogen (secondary N) is 4. The van der Waals surface area contributed by atoms with Crippen molar-refractivity contribution < 1.29 is 19.1 Å². The van der Waals surface area contributed by atoms with Gasteiger partial charge in [-0.05, 0) is 96.8 Å². The fraction of sp³-hybridized carbons (Fsp3) is 0.436. The number of fused-ring (bicyclic) bond motifs is 7. The molecule has 9 rings (SSSR count). The van der Waals surface area contributed by atoms with E-state index in [1.165, 1.54) is 19.1 Å². The Balaban J connectivity index is 1.04. The summed E-state index contributed by atoms with van der Waals surface area (Å²) in [5, 5.41) is 8.41. The number of rotatable bonds is 6. The van der Waals surface area contributed by atoms with Gasteiger partial charge in [-0.25, -0.2) is 14.8 Å². The summed E-state index contributed by atoms with van der Waals surface area (Å²) in [6.45, 7) is 5.42. The second kappa shape index (κ2) is 12.2. The molecule has 4 aliphatic rings. The quantitative estimate of drug-likeness (QED) is 0.154. The van der Waals surface area contributed by atoms with Crippen LogP contribution in [0.3, 0.4) is 0 Å². The van der Waals surface area contributed by atoms with Gasteiger partial charge < -0.3 is 35.0 Å². The minimum Gasteiger partial charge on any atom is -0.488 e. The van der Waals surface area contributed by atoms with Crippen LogP contribution in [0.4, 0.5) is 4.79 Å². The number of carbonyl (C=O) groups excluding carboxylic acids is 2. The van der Waals surface area contributed by atoms with Crippen molar-refractivity contribution in [2.24, 2.45) is 11.8 Å². The van der Waals surface area contributed by atoms with Crippen LogP contribution in [0.5, 0.6) is 5.75 Å². The largest absolute Gasteiger partial charge is 0.488 e. The third-order valence-electron chi connectivity index (χ3n) is 11.5. The lowest BCUT2D eigenvalue weighted by Crippen LogP contribution is -2.53. The topological polar surface area (TPSA) is 137 Å². The van der Waals surface area contributed by atoms with E-state index in [0.29, 0.717) is 18.6 Å². The molecule has 3 aromatic carbocycles. The SMILES string of the molecule is COC(=O)NC(C(=O)N1C(c2nc3c(ccc4cc5c(cc43)OCc3cc(-c4cnc(C6CCCN6)[nH]4)ccc3-5)[nH]2)CC2CCCC21)C(C)C. The average molecular weight is 674 g/mol. The summed E-state index contributed by atoms with van der Waals surface area (Å²) >= 11 is 0. The van der Waals surface area contributed by atoms with Gasteiger partial charge in [-0.2, -0.15) is 0 Å². The van der Waals surface area contributed by atoms with E-state index in [4.69, 9.17) is 14.5 Å². The third kappa shape index (κ3) is 5.12. The fourth-order valence-corrected chi connectivity index (χ4v) is 8.92. The molecule has 1 saturated carbocycles. The van der Waals surface area contributed by atoms with Crippen LogP contribution in [0.1, 0.15) is 81.7 Å². The van der Waals surface area contributed by atoms with Gasteiger partial charge in [-0.3, -0.25) is 4.79 Å². The maximum absolute atomic E-state index is 14.2. The highest BCUT2D eigenvalue weighted by Crippen LogP contribution is 2.48. The molecule has 0 radical (unpaired) electrons. The van der Waals surface area contributed by atoms with Gasteiger partial charge >= 0.3 is 6.09 Å².